The summed E-state index contributed by atoms with van der Waals surface area (Å²) in [5.74, 6) is 1.46. The summed E-state index contributed by atoms with van der Waals surface area (Å²) in [5, 5.41) is 6.02. The molecule has 1 aromatic heterocycles. The zero-order valence-electron chi connectivity index (χ0n) is 25.5. The van der Waals surface area contributed by atoms with Crippen molar-refractivity contribution in [2.75, 3.05) is 63.0 Å². The predicted octanol–water partition coefficient (Wildman–Crippen LogP) is 6.19. The van der Waals surface area contributed by atoms with Crippen LogP contribution in [-0.4, -0.2) is 68.4 Å². The minimum Gasteiger partial charge on any atom is -0.497 e. The topological polar surface area (TPSA) is 101 Å². The Kier molecular flexibility index (Phi) is 8.96. The van der Waals surface area contributed by atoms with E-state index in [1.807, 2.05) is 18.2 Å². The number of amides is 1. The van der Waals surface area contributed by atoms with Gasteiger partial charge < -0.3 is 29.3 Å². The molecule has 0 atom stereocenters. The Morgan fingerprint density at radius 2 is 1.58 bits per heavy atom. The maximum absolute atomic E-state index is 13.0. The van der Waals surface area contributed by atoms with E-state index in [-0.39, 0.29) is 5.88 Å². The first-order valence-electron chi connectivity index (χ1n) is 14.2. The number of benzene rings is 3. The van der Waals surface area contributed by atoms with Crippen molar-refractivity contribution in [2.24, 2.45) is 0 Å². The van der Waals surface area contributed by atoms with Gasteiger partial charge in [0.15, 0.2) is 0 Å². The highest BCUT2D eigenvalue weighted by Gasteiger charge is 2.17. The van der Waals surface area contributed by atoms with Gasteiger partial charge in [-0.25, -0.2) is 9.78 Å². The molecule has 0 aliphatic carbocycles. The molecule has 0 saturated carbocycles. The number of carbonyl (C=O) groups is 1. The number of ether oxygens (including phenoxy) is 3. The molecule has 1 fully saturated rings. The molecule has 1 aliphatic rings. The summed E-state index contributed by atoms with van der Waals surface area (Å²) in [6, 6.07) is 19.1. The van der Waals surface area contributed by atoms with Crippen LogP contribution < -0.4 is 29.7 Å². The Morgan fingerprint density at radius 3 is 2.28 bits per heavy atom. The zero-order valence-corrected chi connectivity index (χ0v) is 25.5. The number of nitrogens with one attached hydrogen (secondary N) is 2. The van der Waals surface area contributed by atoms with Gasteiger partial charge in [0, 0.05) is 55.2 Å². The van der Waals surface area contributed by atoms with Crippen molar-refractivity contribution in [3.63, 3.8) is 0 Å². The fraction of sp³-hybridized carbons (Fsp3) is 0.303. The first kappa shape index (κ1) is 29.7. The summed E-state index contributed by atoms with van der Waals surface area (Å²) < 4.78 is 16.3. The quantitative estimate of drug-likeness (QED) is 0.252. The summed E-state index contributed by atoms with van der Waals surface area (Å²) >= 11 is 0. The highest BCUT2D eigenvalue weighted by Crippen LogP contribution is 2.32. The van der Waals surface area contributed by atoms with Crippen LogP contribution in [0.25, 0.3) is 11.3 Å². The number of nitrogens with zero attached hydrogens (tertiary/aromatic N) is 4. The van der Waals surface area contributed by atoms with E-state index < -0.39 is 6.09 Å². The molecule has 10 heteroatoms. The number of rotatable bonds is 8. The van der Waals surface area contributed by atoms with Gasteiger partial charge >= 0.3 is 6.09 Å². The molecule has 2 heterocycles. The highest BCUT2D eigenvalue weighted by atomic mass is 16.6. The molecule has 1 saturated heterocycles. The van der Waals surface area contributed by atoms with E-state index >= 15 is 0 Å². The number of hydrogen-bond acceptors (Lipinski definition) is 9. The summed E-state index contributed by atoms with van der Waals surface area (Å²) in [6.45, 7) is 10.3. The molecule has 4 aromatic rings. The first-order chi connectivity index (χ1) is 20.7. The Labute approximate surface area is 252 Å². The fourth-order valence-electron chi connectivity index (χ4n) is 4.99. The third-order valence-corrected chi connectivity index (χ3v) is 7.87. The molecule has 3 aromatic carbocycles. The Bertz CT molecular complexity index is 1600. The largest absolute Gasteiger partial charge is 0.497 e. The van der Waals surface area contributed by atoms with Crippen molar-refractivity contribution in [3.05, 3.63) is 77.4 Å². The number of aryl methyl sites for hydroxylation is 1. The molecule has 2 N–H and O–H groups in total. The molecular formula is C33H38N6O4. The minimum absolute atomic E-state index is 0.101. The summed E-state index contributed by atoms with van der Waals surface area (Å²) in [6.07, 6.45) is -0.715. The third kappa shape index (κ3) is 6.98. The molecule has 5 rings (SSSR count). The SMILES string of the molecule is COc1ccc(NC(=O)Oc2cc(-c3ccc(C)c(C)c3C)nc(Nc3ccc(N4CCN(C)CC4)cc3)n2)c(OC)c1. The summed E-state index contributed by atoms with van der Waals surface area (Å²) in [5.41, 5.74) is 7.47. The van der Waals surface area contributed by atoms with Gasteiger partial charge in [0.25, 0.3) is 0 Å². The number of anilines is 4. The van der Waals surface area contributed by atoms with Gasteiger partial charge in [-0.15, -0.1) is 0 Å². The van der Waals surface area contributed by atoms with Crippen LogP contribution in [0.1, 0.15) is 16.7 Å². The van der Waals surface area contributed by atoms with E-state index in [2.05, 4.69) is 71.4 Å². The second-order valence-corrected chi connectivity index (χ2v) is 10.6. The van der Waals surface area contributed by atoms with Crippen molar-refractivity contribution in [2.45, 2.75) is 20.8 Å². The van der Waals surface area contributed by atoms with Crippen LogP contribution in [0.2, 0.25) is 0 Å². The lowest BCUT2D eigenvalue weighted by molar-refractivity contribution is 0.213. The number of aromatic nitrogens is 2. The van der Waals surface area contributed by atoms with E-state index in [9.17, 15) is 4.79 Å². The standard InChI is InChI=1S/C33H38N6O4/c1-21-7-13-27(23(3)22(21)2)29-20-31(43-33(40)36-28-14-12-26(41-5)19-30(28)42-6)37-32(35-29)34-24-8-10-25(11-9-24)39-17-15-38(4)16-18-39/h7-14,19-20H,15-18H2,1-6H3,(H,36,40)(H,34,35,37). The van der Waals surface area contributed by atoms with Crippen LogP contribution in [-0.2, 0) is 0 Å². The van der Waals surface area contributed by atoms with Crippen molar-refractivity contribution >= 4 is 29.1 Å². The van der Waals surface area contributed by atoms with Crippen molar-refractivity contribution in [3.8, 4) is 28.6 Å². The molecule has 1 amide bonds. The van der Waals surface area contributed by atoms with E-state index in [1.54, 1.807) is 31.4 Å². The zero-order chi connectivity index (χ0) is 30.5. The van der Waals surface area contributed by atoms with Gasteiger partial charge in [-0.2, -0.15) is 4.98 Å². The summed E-state index contributed by atoms with van der Waals surface area (Å²) in [7, 11) is 5.23. The van der Waals surface area contributed by atoms with E-state index in [1.165, 1.54) is 23.9 Å². The van der Waals surface area contributed by atoms with Gasteiger partial charge in [-0.1, -0.05) is 12.1 Å². The maximum atomic E-state index is 13.0. The number of methoxy groups -OCH3 is 2. The molecule has 1 aliphatic heterocycles. The van der Waals surface area contributed by atoms with Crippen LogP contribution in [0, 0.1) is 20.8 Å². The Morgan fingerprint density at radius 1 is 0.837 bits per heavy atom. The van der Waals surface area contributed by atoms with Gasteiger partial charge in [-0.05, 0) is 80.9 Å². The number of hydrogen-bond donors (Lipinski definition) is 2. The summed E-state index contributed by atoms with van der Waals surface area (Å²) in [4.78, 5) is 27.0. The second kappa shape index (κ2) is 13.0. The second-order valence-electron chi connectivity index (χ2n) is 10.6. The smallest absolute Gasteiger partial charge is 0.418 e. The van der Waals surface area contributed by atoms with E-state index in [0.29, 0.717) is 28.8 Å². The highest BCUT2D eigenvalue weighted by molar-refractivity contribution is 5.88. The molecule has 43 heavy (non-hydrogen) atoms. The van der Waals surface area contributed by atoms with Gasteiger partial charge in [0.1, 0.15) is 11.5 Å². The van der Waals surface area contributed by atoms with Gasteiger partial charge in [0.2, 0.25) is 11.8 Å². The fourth-order valence-corrected chi connectivity index (χ4v) is 4.99. The molecule has 0 bridgehead atoms. The van der Waals surface area contributed by atoms with Crippen LogP contribution in [0.3, 0.4) is 0 Å². The normalized spacial score (nSPS) is 13.4. The van der Waals surface area contributed by atoms with Gasteiger partial charge in [-0.3, -0.25) is 5.32 Å². The number of likely N-dealkylation sites (N-methyl/N-ethyl adjacent to an activating group) is 1. The van der Waals surface area contributed by atoms with Gasteiger partial charge in [0.05, 0.1) is 25.6 Å². The lowest BCUT2D eigenvalue weighted by Gasteiger charge is -2.34. The number of piperazine rings is 1. The predicted molar refractivity (Wildman–Crippen MR) is 170 cm³/mol. The van der Waals surface area contributed by atoms with Crippen molar-refractivity contribution < 1.29 is 19.0 Å². The minimum atomic E-state index is -0.715. The van der Waals surface area contributed by atoms with Crippen LogP contribution in [0.5, 0.6) is 17.4 Å². The monoisotopic (exact) mass is 582 g/mol. The maximum Gasteiger partial charge on any atom is 0.418 e. The van der Waals surface area contributed by atoms with E-state index in [0.717, 1.165) is 43.0 Å². The van der Waals surface area contributed by atoms with Crippen LogP contribution >= 0.6 is 0 Å². The van der Waals surface area contributed by atoms with Crippen molar-refractivity contribution in [1.82, 2.24) is 14.9 Å². The molecule has 10 nitrogen and oxygen atoms in total. The average molecular weight is 583 g/mol. The van der Waals surface area contributed by atoms with Crippen molar-refractivity contribution in [1.29, 1.82) is 0 Å². The lowest BCUT2D eigenvalue weighted by atomic mass is 9.97. The average Bonchev–Trinajstić information content (AvgIpc) is 3.01. The third-order valence-electron chi connectivity index (χ3n) is 7.87. The Hall–Kier alpha value is -4.83. The van der Waals surface area contributed by atoms with Crippen LogP contribution in [0.15, 0.2) is 60.7 Å². The lowest BCUT2D eigenvalue weighted by Crippen LogP contribution is -2.44. The molecule has 0 unspecified atom stereocenters. The molecule has 0 spiro atoms. The molecule has 0 radical (unpaired) electrons. The van der Waals surface area contributed by atoms with Crippen LogP contribution in [0.4, 0.5) is 27.8 Å². The Balaban J connectivity index is 1.41. The number of carbonyl (C=O) groups excluding carboxylic acids is 1. The molecular weight excluding hydrogens is 544 g/mol. The molecule has 224 valence electrons. The van der Waals surface area contributed by atoms with E-state index in [4.69, 9.17) is 19.2 Å². The first-order valence-corrected chi connectivity index (χ1v) is 14.2.